The van der Waals surface area contributed by atoms with Crippen LogP contribution in [-0.4, -0.2) is 81.6 Å². The summed E-state index contributed by atoms with van der Waals surface area (Å²) in [5.41, 5.74) is -0.386. The molecule has 1 amide bonds. The zero-order valence-electron chi connectivity index (χ0n) is 13.1. The average molecular weight is 320 g/mol. The standard InChI is InChI=1S/C17H24N2O4/c20-14-9-18(10-14)11-17(23)12-19(7-6-15(17)21)16(22)8-13-4-2-1-3-5-13/h1-5,14-15,20-21,23H,6-12H2/t15-,17+/m0/s1. The molecule has 2 saturated heterocycles. The van der Waals surface area contributed by atoms with E-state index in [9.17, 15) is 20.1 Å². The normalized spacial score (nSPS) is 29.3. The summed E-state index contributed by atoms with van der Waals surface area (Å²) in [6, 6.07) is 9.52. The van der Waals surface area contributed by atoms with Crippen LogP contribution in [-0.2, 0) is 11.2 Å². The Balaban J connectivity index is 1.61. The summed E-state index contributed by atoms with van der Waals surface area (Å²) in [5.74, 6) is -0.0369. The van der Waals surface area contributed by atoms with E-state index in [2.05, 4.69) is 0 Å². The van der Waals surface area contributed by atoms with Crippen LogP contribution in [0.3, 0.4) is 0 Å². The molecule has 23 heavy (non-hydrogen) atoms. The lowest BCUT2D eigenvalue weighted by molar-refractivity contribution is -0.162. The first-order valence-electron chi connectivity index (χ1n) is 8.09. The third kappa shape index (κ3) is 3.72. The summed E-state index contributed by atoms with van der Waals surface area (Å²) in [6.07, 6.45) is -0.528. The van der Waals surface area contributed by atoms with Gasteiger partial charge in [0.1, 0.15) is 5.60 Å². The summed E-state index contributed by atoms with van der Waals surface area (Å²) < 4.78 is 0. The number of hydrogen-bond acceptors (Lipinski definition) is 5. The molecule has 0 unspecified atom stereocenters. The van der Waals surface area contributed by atoms with Gasteiger partial charge in [-0.15, -0.1) is 0 Å². The zero-order chi connectivity index (χ0) is 16.4. The van der Waals surface area contributed by atoms with Gasteiger partial charge in [-0.05, 0) is 12.0 Å². The number of β-amino-alcohol motifs (C(OH)–C–C–N with tert-alkyl or cyclic N) is 2. The fourth-order valence-corrected chi connectivity index (χ4v) is 3.37. The Morgan fingerprint density at radius 1 is 1.22 bits per heavy atom. The van der Waals surface area contributed by atoms with Crippen molar-refractivity contribution < 1.29 is 20.1 Å². The largest absolute Gasteiger partial charge is 0.390 e. The van der Waals surface area contributed by atoms with Crippen LogP contribution in [0.5, 0.6) is 0 Å². The van der Waals surface area contributed by atoms with Gasteiger partial charge < -0.3 is 20.2 Å². The molecule has 2 fully saturated rings. The van der Waals surface area contributed by atoms with Crippen molar-refractivity contribution in [3.05, 3.63) is 35.9 Å². The van der Waals surface area contributed by atoms with Crippen molar-refractivity contribution in [1.82, 2.24) is 9.80 Å². The van der Waals surface area contributed by atoms with Crippen LogP contribution in [0.1, 0.15) is 12.0 Å². The number of nitrogens with zero attached hydrogens (tertiary/aromatic N) is 2. The minimum atomic E-state index is -1.33. The second-order valence-corrected chi connectivity index (χ2v) is 6.73. The van der Waals surface area contributed by atoms with Gasteiger partial charge >= 0.3 is 0 Å². The van der Waals surface area contributed by atoms with Gasteiger partial charge in [-0.2, -0.15) is 0 Å². The Morgan fingerprint density at radius 3 is 2.57 bits per heavy atom. The van der Waals surface area contributed by atoms with Crippen LogP contribution >= 0.6 is 0 Å². The van der Waals surface area contributed by atoms with Crippen LogP contribution < -0.4 is 0 Å². The molecule has 6 nitrogen and oxygen atoms in total. The minimum Gasteiger partial charge on any atom is -0.390 e. The Hall–Kier alpha value is -1.47. The number of amides is 1. The van der Waals surface area contributed by atoms with Crippen molar-refractivity contribution in [2.75, 3.05) is 32.7 Å². The summed E-state index contributed by atoms with van der Waals surface area (Å²) in [4.78, 5) is 16.0. The van der Waals surface area contributed by atoms with E-state index in [-0.39, 0.29) is 25.1 Å². The fraction of sp³-hybridized carbons (Fsp3) is 0.588. The third-order valence-corrected chi connectivity index (χ3v) is 4.74. The number of likely N-dealkylation sites (tertiary alicyclic amines) is 2. The molecule has 126 valence electrons. The molecular weight excluding hydrogens is 296 g/mol. The van der Waals surface area contributed by atoms with E-state index in [1.165, 1.54) is 0 Å². The number of piperidine rings is 1. The molecule has 0 bridgehead atoms. The Morgan fingerprint density at radius 2 is 1.91 bits per heavy atom. The number of rotatable bonds is 4. The Kier molecular flexibility index (Phi) is 4.68. The predicted octanol–water partition coefficient (Wildman–Crippen LogP) is -0.770. The van der Waals surface area contributed by atoms with E-state index in [4.69, 9.17) is 0 Å². The van der Waals surface area contributed by atoms with Gasteiger partial charge in [-0.3, -0.25) is 9.69 Å². The van der Waals surface area contributed by atoms with E-state index in [1.54, 1.807) is 4.90 Å². The number of aliphatic hydroxyl groups excluding tert-OH is 2. The predicted molar refractivity (Wildman–Crippen MR) is 84.7 cm³/mol. The molecule has 3 N–H and O–H groups in total. The maximum Gasteiger partial charge on any atom is 0.227 e. The van der Waals surface area contributed by atoms with Gasteiger partial charge in [-0.25, -0.2) is 0 Å². The molecule has 2 aliphatic rings. The summed E-state index contributed by atoms with van der Waals surface area (Å²) in [5, 5.41) is 30.3. The first-order valence-corrected chi connectivity index (χ1v) is 8.09. The Labute approximate surface area is 135 Å². The lowest BCUT2D eigenvalue weighted by atomic mass is 9.87. The second kappa shape index (κ2) is 6.57. The van der Waals surface area contributed by atoms with E-state index in [0.717, 1.165) is 5.56 Å². The third-order valence-electron chi connectivity index (χ3n) is 4.74. The van der Waals surface area contributed by atoms with E-state index in [0.29, 0.717) is 32.5 Å². The van der Waals surface area contributed by atoms with Gasteiger partial charge in [0.25, 0.3) is 0 Å². The molecule has 6 heteroatoms. The van der Waals surface area contributed by atoms with Gasteiger partial charge in [-0.1, -0.05) is 30.3 Å². The molecule has 2 atom stereocenters. The van der Waals surface area contributed by atoms with Gasteiger partial charge in [0, 0.05) is 26.2 Å². The summed E-state index contributed by atoms with van der Waals surface area (Å²) in [6.45, 7) is 1.88. The highest BCUT2D eigenvalue weighted by Crippen LogP contribution is 2.25. The number of carbonyl (C=O) groups is 1. The highest BCUT2D eigenvalue weighted by atomic mass is 16.3. The van der Waals surface area contributed by atoms with Crippen molar-refractivity contribution in [2.45, 2.75) is 30.7 Å². The van der Waals surface area contributed by atoms with E-state index < -0.39 is 11.7 Å². The molecule has 2 aliphatic heterocycles. The molecule has 2 heterocycles. The van der Waals surface area contributed by atoms with Crippen molar-refractivity contribution in [2.24, 2.45) is 0 Å². The van der Waals surface area contributed by atoms with Crippen molar-refractivity contribution in [3.8, 4) is 0 Å². The lowest BCUT2D eigenvalue weighted by Crippen LogP contribution is -2.66. The van der Waals surface area contributed by atoms with Crippen LogP contribution in [0.2, 0.25) is 0 Å². The van der Waals surface area contributed by atoms with Gasteiger partial charge in [0.15, 0.2) is 0 Å². The van der Waals surface area contributed by atoms with E-state index >= 15 is 0 Å². The molecule has 3 rings (SSSR count). The van der Waals surface area contributed by atoms with Crippen LogP contribution in [0, 0.1) is 0 Å². The molecule has 0 saturated carbocycles. The number of carbonyl (C=O) groups excluding carboxylic acids is 1. The molecular formula is C17H24N2O4. The lowest BCUT2D eigenvalue weighted by Gasteiger charge is -2.47. The molecule has 1 aromatic carbocycles. The van der Waals surface area contributed by atoms with Gasteiger partial charge in [0.2, 0.25) is 5.91 Å². The highest BCUT2D eigenvalue weighted by Gasteiger charge is 2.45. The highest BCUT2D eigenvalue weighted by molar-refractivity contribution is 5.79. The quantitative estimate of drug-likeness (QED) is 0.678. The maximum atomic E-state index is 12.5. The summed E-state index contributed by atoms with van der Waals surface area (Å²) in [7, 11) is 0. The van der Waals surface area contributed by atoms with Crippen LogP contribution in [0.4, 0.5) is 0 Å². The second-order valence-electron chi connectivity index (χ2n) is 6.73. The number of hydrogen-bond donors (Lipinski definition) is 3. The number of benzene rings is 1. The van der Waals surface area contributed by atoms with Gasteiger partial charge in [0.05, 0.1) is 25.2 Å². The summed E-state index contributed by atoms with van der Waals surface area (Å²) >= 11 is 0. The zero-order valence-corrected chi connectivity index (χ0v) is 13.1. The molecule has 0 spiro atoms. The van der Waals surface area contributed by atoms with Crippen molar-refractivity contribution in [3.63, 3.8) is 0 Å². The van der Waals surface area contributed by atoms with Crippen molar-refractivity contribution in [1.29, 1.82) is 0 Å². The first-order chi connectivity index (χ1) is 11.0. The Bertz CT molecular complexity index is 547. The van der Waals surface area contributed by atoms with E-state index in [1.807, 2.05) is 35.2 Å². The molecule has 0 aromatic heterocycles. The topological polar surface area (TPSA) is 84.2 Å². The molecule has 0 aliphatic carbocycles. The monoisotopic (exact) mass is 320 g/mol. The van der Waals surface area contributed by atoms with Crippen LogP contribution in [0.25, 0.3) is 0 Å². The maximum absolute atomic E-state index is 12.5. The van der Waals surface area contributed by atoms with Crippen molar-refractivity contribution >= 4 is 5.91 Å². The van der Waals surface area contributed by atoms with Crippen LogP contribution in [0.15, 0.2) is 30.3 Å². The average Bonchev–Trinajstić information content (AvgIpc) is 2.49. The first kappa shape index (κ1) is 16.4. The smallest absolute Gasteiger partial charge is 0.227 e. The SMILES string of the molecule is O=C(Cc1ccccc1)N1CC[C@H](O)[C@@](O)(CN2CC(O)C2)C1. The fourth-order valence-electron chi connectivity index (χ4n) is 3.37. The number of aliphatic hydroxyl groups is 3. The molecule has 0 radical (unpaired) electrons. The minimum absolute atomic E-state index is 0.0369. The molecule has 1 aromatic rings.